The minimum absolute atomic E-state index is 0.512. The van der Waals surface area contributed by atoms with Gasteiger partial charge in [-0.15, -0.1) is 0 Å². The van der Waals surface area contributed by atoms with Crippen LogP contribution < -0.4 is 10.6 Å². The van der Waals surface area contributed by atoms with Crippen LogP contribution in [0.2, 0.25) is 0 Å². The van der Waals surface area contributed by atoms with Crippen LogP contribution in [0.4, 0.5) is 5.69 Å². The van der Waals surface area contributed by atoms with E-state index in [4.69, 9.17) is 12.2 Å². The van der Waals surface area contributed by atoms with Gasteiger partial charge in [-0.25, -0.2) is 0 Å². The summed E-state index contributed by atoms with van der Waals surface area (Å²) in [7, 11) is 0. The quantitative estimate of drug-likeness (QED) is 0.793. The van der Waals surface area contributed by atoms with E-state index in [1.807, 2.05) is 30.3 Å². The first-order chi connectivity index (χ1) is 8.66. The Balaban J connectivity index is 1.87. The number of anilines is 1. The van der Waals surface area contributed by atoms with Crippen molar-refractivity contribution in [2.45, 2.75) is 39.2 Å². The van der Waals surface area contributed by atoms with Crippen molar-refractivity contribution >= 4 is 23.0 Å². The van der Waals surface area contributed by atoms with Gasteiger partial charge in [-0.05, 0) is 42.6 Å². The van der Waals surface area contributed by atoms with E-state index < -0.39 is 0 Å². The first kappa shape index (κ1) is 13.3. The molecule has 3 heteroatoms. The van der Waals surface area contributed by atoms with Crippen molar-refractivity contribution in [1.29, 1.82) is 0 Å². The van der Waals surface area contributed by atoms with E-state index in [2.05, 4.69) is 24.5 Å². The van der Waals surface area contributed by atoms with Crippen LogP contribution in [0.15, 0.2) is 30.3 Å². The van der Waals surface area contributed by atoms with Crippen molar-refractivity contribution in [2.24, 2.45) is 11.8 Å². The highest BCUT2D eigenvalue weighted by Gasteiger charge is 2.27. The number of hydrogen-bond donors (Lipinski definition) is 2. The van der Waals surface area contributed by atoms with E-state index in [1.165, 1.54) is 19.3 Å². The number of hydrogen-bond acceptors (Lipinski definition) is 1. The molecule has 0 aliphatic heterocycles. The summed E-state index contributed by atoms with van der Waals surface area (Å²) in [4.78, 5) is 0. The smallest absolute Gasteiger partial charge is 0.171 e. The van der Waals surface area contributed by atoms with Gasteiger partial charge in [0.15, 0.2) is 5.11 Å². The van der Waals surface area contributed by atoms with Crippen molar-refractivity contribution in [3.8, 4) is 0 Å². The lowest BCUT2D eigenvalue weighted by Crippen LogP contribution is -2.45. The topological polar surface area (TPSA) is 24.1 Å². The third-order valence-corrected chi connectivity index (χ3v) is 4.27. The Morgan fingerprint density at radius 1 is 1.17 bits per heavy atom. The van der Waals surface area contributed by atoms with Gasteiger partial charge in [0.2, 0.25) is 0 Å². The van der Waals surface area contributed by atoms with Gasteiger partial charge in [-0.1, -0.05) is 44.9 Å². The van der Waals surface area contributed by atoms with Crippen molar-refractivity contribution in [3.05, 3.63) is 30.3 Å². The number of rotatable bonds is 2. The zero-order valence-electron chi connectivity index (χ0n) is 11.1. The fourth-order valence-corrected chi connectivity index (χ4v) is 2.91. The van der Waals surface area contributed by atoms with Gasteiger partial charge in [-0.3, -0.25) is 0 Å². The second-order valence-corrected chi connectivity index (χ2v) is 5.75. The fourth-order valence-electron chi connectivity index (χ4n) is 2.64. The Hall–Kier alpha value is -1.09. The molecule has 2 nitrogen and oxygen atoms in total. The summed E-state index contributed by atoms with van der Waals surface area (Å²) < 4.78 is 0. The van der Waals surface area contributed by atoms with Crippen LogP contribution in [-0.2, 0) is 0 Å². The minimum atomic E-state index is 0.512. The normalized spacial score (nSPS) is 27.6. The van der Waals surface area contributed by atoms with Gasteiger partial charge in [0, 0.05) is 11.7 Å². The third kappa shape index (κ3) is 3.45. The SMILES string of the molecule is C[C@H]1[C@@H](NC(=S)Nc2ccccc2)CCC[C@@H]1C. The van der Waals surface area contributed by atoms with Gasteiger partial charge < -0.3 is 10.6 Å². The predicted octanol–water partition coefficient (Wildman–Crippen LogP) is 3.80. The molecular weight excluding hydrogens is 240 g/mol. The van der Waals surface area contributed by atoms with E-state index in [1.54, 1.807) is 0 Å². The molecule has 18 heavy (non-hydrogen) atoms. The maximum Gasteiger partial charge on any atom is 0.171 e. The molecule has 1 aromatic carbocycles. The summed E-state index contributed by atoms with van der Waals surface area (Å²) in [5, 5.41) is 7.46. The molecule has 1 aliphatic carbocycles. The third-order valence-electron chi connectivity index (χ3n) is 4.05. The molecule has 0 aromatic heterocycles. The molecule has 1 fully saturated rings. The van der Waals surface area contributed by atoms with E-state index in [0.717, 1.165) is 16.7 Å². The molecule has 0 radical (unpaired) electrons. The van der Waals surface area contributed by atoms with Gasteiger partial charge >= 0.3 is 0 Å². The lowest BCUT2D eigenvalue weighted by molar-refractivity contribution is 0.225. The molecule has 2 rings (SSSR count). The molecule has 2 N–H and O–H groups in total. The Morgan fingerprint density at radius 2 is 1.89 bits per heavy atom. The van der Waals surface area contributed by atoms with E-state index >= 15 is 0 Å². The molecule has 3 atom stereocenters. The van der Waals surface area contributed by atoms with Crippen LogP contribution in [0.25, 0.3) is 0 Å². The highest BCUT2D eigenvalue weighted by atomic mass is 32.1. The molecule has 0 spiro atoms. The van der Waals surface area contributed by atoms with Crippen molar-refractivity contribution in [3.63, 3.8) is 0 Å². The summed E-state index contributed by atoms with van der Waals surface area (Å²) in [5.41, 5.74) is 1.05. The van der Waals surface area contributed by atoms with Gasteiger partial charge in [0.25, 0.3) is 0 Å². The van der Waals surface area contributed by atoms with E-state index in [9.17, 15) is 0 Å². The molecular formula is C15H22N2S. The average molecular weight is 262 g/mol. The van der Waals surface area contributed by atoms with Gasteiger partial charge in [0.1, 0.15) is 0 Å². The summed E-state index contributed by atoms with van der Waals surface area (Å²) >= 11 is 5.39. The van der Waals surface area contributed by atoms with Crippen LogP contribution in [0.3, 0.4) is 0 Å². The number of nitrogens with one attached hydrogen (secondary N) is 2. The Morgan fingerprint density at radius 3 is 2.61 bits per heavy atom. The van der Waals surface area contributed by atoms with Crippen LogP contribution in [-0.4, -0.2) is 11.2 Å². The zero-order chi connectivity index (χ0) is 13.0. The standard InChI is InChI=1S/C15H22N2S/c1-11-7-6-10-14(12(11)2)17-15(18)16-13-8-4-3-5-9-13/h3-5,8-9,11-12,14H,6-7,10H2,1-2H3,(H2,16,17,18)/t11-,12+,14-/m0/s1. The fraction of sp³-hybridized carbons (Fsp3) is 0.533. The van der Waals surface area contributed by atoms with E-state index in [0.29, 0.717) is 12.0 Å². The lowest BCUT2D eigenvalue weighted by atomic mass is 9.78. The largest absolute Gasteiger partial charge is 0.359 e. The zero-order valence-corrected chi connectivity index (χ0v) is 12.0. The van der Waals surface area contributed by atoms with Crippen molar-refractivity contribution in [1.82, 2.24) is 5.32 Å². The Labute approximate surface area is 115 Å². The number of para-hydroxylation sites is 1. The monoisotopic (exact) mass is 262 g/mol. The maximum absolute atomic E-state index is 5.39. The second-order valence-electron chi connectivity index (χ2n) is 5.34. The molecule has 0 saturated heterocycles. The van der Waals surface area contributed by atoms with Crippen molar-refractivity contribution in [2.75, 3.05) is 5.32 Å². The molecule has 1 aliphatic rings. The Bertz CT molecular complexity index is 391. The van der Waals surface area contributed by atoms with Gasteiger partial charge in [0.05, 0.1) is 0 Å². The number of thiocarbonyl (C=S) groups is 1. The highest BCUT2D eigenvalue weighted by molar-refractivity contribution is 7.80. The molecule has 0 unspecified atom stereocenters. The molecule has 0 amide bonds. The van der Waals surface area contributed by atoms with E-state index in [-0.39, 0.29) is 0 Å². The minimum Gasteiger partial charge on any atom is -0.359 e. The molecule has 98 valence electrons. The van der Waals surface area contributed by atoms with Crippen LogP contribution in [0.5, 0.6) is 0 Å². The molecule has 0 bridgehead atoms. The first-order valence-electron chi connectivity index (χ1n) is 6.79. The summed E-state index contributed by atoms with van der Waals surface area (Å²) in [5.74, 6) is 1.48. The number of benzene rings is 1. The highest BCUT2D eigenvalue weighted by Crippen LogP contribution is 2.29. The van der Waals surface area contributed by atoms with Gasteiger partial charge in [-0.2, -0.15) is 0 Å². The lowest BCUT2D eigenvalue weighted by Gasteiger charge is -2.35. The molecule has 0 heterocycles. The summed E-state index contributed by atoms with van der Waals surface area (Å²) in [6.07, 6.45) is 3.87. The first-order valence-corrected chi connectivity index (χ1v) is 7.20. The summed E-state index contributed by atoms with van der Waals surface area (Å²) in [6.45, 7) is 4.67. The molecule has 1 aromatic rings. The summed E-state index contributed by atoms with van der Waals surface area (Å²) in [6, 6.07) is 10.6. The van der Waals surface area contributed by atoms with Crippen molar-refractivity contribution < 1.29 is 0 Å². The predicted molar refractivity (Wildman–Crippen MR) is 81.8 cm³/mol. The maximum atomic E-state index is 5.39. The van der Waals surface area contributed by atoms with Crippen LogP contribution in [0, 0.1) is 11.8 Å². The van der Waals surface area contributed by atoms with Crippen LogP contribution in [0.1, 0.15) is 33.1 Å². The average Bonchev–Trinajstić information content (AvgIpc) is 2.36. The van der Waals surface area contributed by atoms with Crippen LogP contribution >= 0.6 is 12.2 Å². The molecule has 1 saturated carbocycles. The second kappa shape index (κ2) is 6.19. The Kier molecular flexibility index (Phi) is 4.59.